The Morgan fingerprint density at radius 2 is 1.65 bits per heavy atom. The number of amides is 1. The van der Waals surface area contributed by atoms with Crippen molar-refractivity contribution in [2.24, 2.45) is 0 Å². The Hall–Kier alpha value is -2.42. The molecule has 1 amide bonds. The van der Waals surface area contributed by atoms with E-state index in [9.17, 15) is 21.6 Å². The SMILES string of the molecule is C#CCNS(=O)(=O)c1cccc(C(=O)N2CCN(S(=O)(=O)c3cccc(Cl)c3)CC2)c1. The summed E-state index contributed by atoms with van der Waals surface area (Å²) in [6.07, 6.45) is 5.08. The number of carbonyl (C=O) groups excluding carboxylic acids is 1. The average Bonchev–Trinajstić information content (AvgIpc) is 2.77. The van der Waals surface area contributed by atoms with Crippen molar-refractivity contribution in [2.45, 2.75) is 9.79 Å². The number of nitrogens with one attached hydrogen (secondary N) is 1. The summed E-state index contributed by atoms with van der Waals surface area (Å²) < 4.78 is 53.6. The largest absolute Gasteiger partial charge is 0.336 e. The molecule has 0 aliphatic carbocycles. The van der Waals surface area contributed by atoms with Crippen molar-refractivity contribution in [2.75, 3.05) is 32.7 Å². The highest BCUT2D eigenvalue weighted by Crippen LogP contribution is 2.22. The average molecular weight is 482 g/mol. The zero-order valence-electron chi connectivity index (χ0n) is 16.4. The molecule has 0 bridgehead atoms. The van der Waals surface area contributed by atoms with Crippen LogP contribution in [0.4, 0.5) is 0 Å². The predicted octanol–water partition coefficient (Wildman–Crippen LogP) is 1.40. The molecule has 1 aliphatic heterocycles. The molecule has 3 rings (SSSR count). The molecule has 1 saturated heterocycles. The van der Waals surface area contributed by atoms with Crippen molar-refractivity contribution in [1.29, 1.82) is 0 Å². The minimum absolute atomic E-state index is 0.0734. The van der Waals surface area contributed by atoms with Crippen LogP contribution in [0.25, 0.3) is 0 Å². The first-order valence-electron chi connectivity index (χ1n) is 9.23. The quantitative estimate of drug-likeness (QED) is 0.628. The van der Waals surface area contributed by atoms with Crippen LogP contribution >= 0.6 is 11.6 Å². The van der Waals surface area contributed by atoms with Crippen molar-refractivity contribution in [3.8, 4) is 12.3 Å². The Balaban J connectivity index is 1.71. The second kappa shape index (κ2) is 9.38. The first-order chi connectivity index (χ1) is 14.6. The van der Waals surface area contributed by atoms with Gasteiger partial charge in [-0.1, -0.05) is 29.7 Å². The molecule has 0 spiro atoms. The van der Waals surface area contributed by atoms with E-state index in [2.05, 4.69) is 10.6 Å². The van der Waals surface area contributed by atoms with Crippen LogP contribution in [-0.2, 0) is 20.0 Å². The van der Waals surface area contributed by atoms with Crippen LogP contribution in [0, 0.1) is 12.3 Å². The third-order valence-corrected chi connectivity index (χ3v) is 8.24. The molecule has 0 aromatic heterocycles. The van der Waals surface area contributed by atoms with Gasteiger partial charge in [-0.15, -0.1) is 6.42 Å². The van der Waals surface area contributed by atoms with Gasteiger partial charge in [0.1, 0.15) is 0 Å². The maximum absolute atomic E-state index is 12.9. The number of rotatable bonds is 6. The molecular weight excluding hydrogens is 462 g/mol. The minimum Gasteiger partial charge on any atom is -0.336 e. The Labute approximate surface area is 186 Å². The van der Waals surface area contributed by atoms with Crippen molar-refractivity contribution in [1.82, 2.24) is 13.9 Å². The van der Waals surface area contributed by atoms with Crippen LogP contribution < -0.4 is 4.72 Å². The van der Waals surface area contributed by atoms with E-state index in [0.29, 0.717) is 5.02 Å². The van der Waals surface area contributed by atoms with Crippen LogP contribution in [0.15, 0.2) is 58.3 Å². The number of nitrogens with zero attached hydrogens (tertiary/aromatic N) is 2. The Bertz CT molecular complexity index is 1230. The lowest BCUT2D eigenvalue weighted by atomic mass is 10.2. The highest BCUT2D eigenvalue weighted by atomic mass is 35.5. The Morgan fingerprint density at radius 3 is 2.29 bits per heavy atom. The van der Waals surface area contributed by atoms with Crippen molar-refractivity contribution in [3.05, 3.63) is 59.1 Å². The number of piperazine rings is 1. The summed E-state index contributed by atoms with van der Waals surface area (Å²) in [5.74, 6) is 1.81. The zero-order chi connectivity index (χ0) is 22.6. The maximum atomic E-state index is 12.9. The summed E-state index contributed by atoms with van der Waals surface area (Å²) in [6.45, 7) is 0.407. The van der Waals surface area contributed by atoms with Crippen molar-refractivity contribution in [3.63, 3.8) is 0 Å². The molecule has 1 N–H and O–H groups in total. The molecule has 0 radical (unpaired) electrons. The summed E-state index contributed by atoms with van der Waals surface area (Å²) in [5.41, 5.74) is 0.190. The third kappa shape index (κ3) is 5.26. The summed E-state index contributed by atoms with van der Waals surface area (Å²) in [6, 6.07) is 11.6. The number of benzene rings is 2. The van der Waals surface area contributed by atoms with E-state index in [1.54, 1.807) is 12.1 Å². The topological polar surface area (TPSA) is 104 Å². The molecule has 164 valence electrons. The molecule has 8 nitrogen and oxygen atoms in total. The Kier molecular flexibility index (Phi) is 7.03. The summed E-state index contributed by atoms with van der Waals surface area (Å²) in [5, 5.41) is 0.321. The first-order valence-corrected chi connectivity index (χ1v) is 12.5. The van der Waals surface area contributed by atoms with Gasteiger partial charge in [0.25, 0.3) is 5.91 Å². The van der Waals surface area contributed by atoms with Gasteiger partial charge in [-0.25, -0.2) is 16.8 Å². The van der Waals surface area contributed by atoms with Gasteiger partial charge >= 0.3 is 0 Å². The normalized spacial score (nSPS) is 15.4. The van der Waals surface area contributed by atoms with E-state index in [1.807, 2.05) is 0 Å². The van der Waals surface area contributed by atoms with E-state index >= 15 is 0 Å². The third-order valence-electron chi connectivity index (χ3n) is 4.72. The second-order valence-electron chi connectivity index (χ2n) is 6.71. The fourth-order valence-electron chi connectivity index (χ4n) is 3.11. The van der Waals surface area contributed by atoms with Gasteiger partial charge in [0.2, 0.25) is 20.0 Å². The molecule has 2 aromatic carbocycles. The summed E-state index contributed by atoms with van der Waals surface area (Å²) in [4.78, 5) is 14.4. The van der Waals surface area contributed by atoms with Gasteiger partial charge < -0.3 is 4.90 Å². The molecule has 0 unspecified atom stereocenters. The van der Waals surface area contributed by atoms with E-state index in [4.69, 9.17) is 18.0 Å². The summed E-state index contributed by atoms with van der Waals surface area (Å²) in [7, 11) is -7.56. The highest BCUT2D eigenvalue weighted by Gasteiger charge is 2.30. The lowest BCUT2D eigenvalue weighted by Crippen LogP contribution is -2.50. The smallest absolute Gasteiger partial charge is 0.253 e. The number of hydrogen-bond donors (Lipinski definition) is 1. The molecule has 31 heavy (non-hydrogen) atoms. The lowest BCUT2D eigenvalue weighted by molar-refractivity contribution is 0.0697. The molecule has 0 saturated carbocycles. The van der Waals surface area contributed by atoms with Crippen LogP contribution in [0.2, 0.25) is 5.02 Å². The van der Waals surface area contributed by atoms with Crippen LogP contribution in [0.3, 0.4) is 0 Å². The van der Waals surface area contributed by atoms with Crippen LogP contribution in [-0.4, -0.2) is 64.7 Å². The molecule has 0 atom stereocenters. The first kappa shape index (κ1) is 23.2. The molecule has 2 aromatic rings. The fourth-order valence-corrected chi connectivity index (χ4v) is 5.81. The van der Waals surface area contributed by atoms with Gasteiger partial charge in [0, 0.05) is 36.8 Å². The maximum Gasteiger partial charge on any atom is 0.253 e. The van der Waals surface area contributed by atoms with Gasteiger partial charge in [-0.05, 0) is 36.4 Å². The van der Waals surface area contributed by atoms with Gasteiger partial charge in [0.15, 0.2) is 0 Å². The van der Waals surface area contributed by atoms with E-state index in [-0.39, 0.29) is 54.0 Å². The van der Waals surface area contributed by atoms with Gasteiger partial charge in [-0.2, -0.15) is 9.03 Å². The van der Waals surface area contributed by atoms with Crippen molar-refractivity contribution < 1.29 is 21.6 Å². The van der Waals surface area contributed by atoms with Crippen LogP contribution in [0.5, 0.6) is 0 Å². The number of halogens is 1. The molecular formula is C20H20ClN3O5S2. The molecule has 11 heteroatoms. The van der Waals surface area contributed by atoms with E-state index in [0.717, 1.165) is 0 Å². The molecule has 1 heterocycles. The predicted molar refractivity (Wildman–Crippen MR) is 117 cm³/mol. The number of hydrogen-bond acceptors (Lipinski definition) is 5. The van der Waals surface area contributed by atoms with E-state index in [1.165, 1.54) is 45.6 Å². The minimum atomic E-state index is -3.83. The Morgan fingerprint density at radius 1 is 1.00 bits per heavy atom. The second-order valence-corrected chi connectivity index (χ2v) is 10.9. The number of carbonyl (C=O) groups is 1. The summed E-state index contributed by atoms with van der Waals surface area (Å²) >= 11 is 5.90. The van der Waals surface area contributed by atoms with E-state index < -0.39 is 20.0 Å². The van der Waals surface area contributed by atoms with Gasteiger partial charge in [-0.3, -0.25) is 4.79 Å². The molecule has 1 fully saturated rings. The lowest BCUT2D eigenvalue weighted by Gasteiger charge is -2.34. The van der Waals surface area contributed by atoms with Crippen LogP contribution in [0.1, 0.15) is 10.4 Å². The highest BCUT2D eigenvalue weighted by molar-refractivity contribution is 7.89. The van der Waals surface area contributed by atoms with Gasteiger partial charge in [0.05, 0.1) is 16.3 Å². The number of sulfonamides is 2. The number of terminal acetylenes is 1. The molecule has 1 aliphatic rings. The monoisotopic (exact) mass is 481 g/mol. The zero-order valence-corrected chi connectivity index (χ0v) is 18.8. The fraction of sp³-hybridized carbons (Fsp3) is 0.250. The van der Waals surface area contributed by atoms with Crippen molar-refractivity contribution >= 4 is 37.6 Å². The standard InChI is InChI=1S/C20H20ClN3O5S2/c1-2-9-22-30(26,27)18-7-3-5-16(14-18)20(25)23-10-12-24(13-11-23)31(28,29)19-8-4-6-17(21)15-19/h1,3-8,14-15,22H,9-13H2.